The fraction of sp³-hybridized carbons (Fsp3) is 0.0417. The Bertz CT molecular complexity index is 1310. The van der Waals surface area contributed by atoms with E-state index < -0.39 is 11.6 Å². The number of nitrogen functional groups attached to an aromatic ring is 1. The Morgan fingerprint density at radius 2 is 1.58 bits per heavy atom. The molecule has 0 aliphatic carbocycles. The molecule has 0 fully saturated rings. The summed E-state index contributed by atoms with van der Waals surface area (Å²) in [5.41, 5.74) is 8.92. The van der Waals surface area contributed by atoms with Crippen LogP contribution in [0.1, 0.15) is 5.56 Å². The van der Waals surface area contributed by atoms with Crippen molar-refractivity contribution in [1.82, 2.24) is 9.97 Å². The highest BCUT2D eigenvalue weighted by molar-refractivity contribution is 5.97. The largest absolute Gasteiger partial charge is 0.481 e. The minimum atomic E-state index is -0.470. The summed E-state index contributed by atoms with van der Waals surface area (Å²) in [5.74, 6) is -0.560. The first-order valence-corrected chi connectivity index (χ1v) is 9.27. The number of methoxy groups -OCH3 is 1. The maximum absolute atomic E-state index is 14.1. The first kappa shape index (κ1) is 20.0. The second-order valence-electron chi connectivity index (χ2n) is 6.69. The van der Waals surface area contributed by atoms with Gasteiger partial charge in [-0.3, -0.25) is 0 Å². The van der Waals surface area contributed by atoms with Crippen molar-refractivity contribution in [3.8, 4) is 45.5 Å². The Morgan fingerprint density at radius 3 is 2.16 bits per heavy atom. The molecule has 0 saturated carbocycles. The van der Waals surface area contributed by atoms with Gasteiger partial charge in [0.2, 0.25) is 5.88 Å². The zero-order chi connectivity index (χ0) is 22.0. The molecule has 0 aliphatic rings. The van der Waals surface area contributed by atoms with Crippen molar-refractivity contribution in [2.24, 2.45) is 0 Å². The third kappa shape index (κ3) is 3.79. The molecule has 152 valence electrons. The van der Waals surface area contributed by atoms with Gasteiger partial charge in [-0.05, 0) is 35.9 Å². The highest BCUT2D eigenvalue weighted by Gasteiger charge is 2.23. The predicted molar refractivity (Wildman–Crippen MR) is 114 cm³/mol. The van der Waals surface area contributed by atoms with Crippen molar-refractivity contribution in [3.05, 3.63) is 84.1 Å². The monoisotopic (exact) mass is 414 g/mol. The highest BCUT2D eigenvalue weighted by Crippen LogP contribution is 2.43. The number of rotatable bonds is 4. The number of ether oxygens (including phenoxy) is 1. The van der Waals surface area contributed by atoms with E-state index in [1.165, 1.54) is 31.4 Å². The summed E-state index contributed by atoms with van der Waals surface area (Å²) in [6.45, 7) is 0. The number of hydrogen-bond donors (Lipinski definition) is 1. The summed E-state index contributed by atoms with van der Waals surface area (Å²) in [6.07, 6.45) is 1.55. The standard InChI is InChI=1S/C24H16F2N4O/c1-31-20-9-8-16(13-29-20)22-21(14-4-2-6-17(25)10-14)19(12-27)24(28)30-23(22)15-5-3-7-18(26)11-15/h2-11,13H,1H3,(H2,28,30). The van der Waals surface area contributed by atoms with Crippen molar-refractivity contribution in [2.75, 3.05) is 12.8 Å². The van der Waals surface area contributed by atoms with E-state index in [9.17, 15) is 14.0 Å². The van der Waals surface area contributed by atoms with Gasteiger partial charge in [0.1, 0.15) is 29.1 Å². The van der Waals surface area contributed by atoms with Gasteiger partial charge in [0.05, 0.1) is 12.8 Å². The number of hydrogen-bond acceptors (Lipinski definition) is 5. The lowest BCUT2D eigenvalue weighted by Crippen LogP contribution is -2.04. The molecule has 5 nitrogen and oxygen atoms in total. The van der Waals surface area contributed by atoms with Crippen LogP contribution in [0.3, 0.4) is 0 Å². The number of halogens is 2. The third-order valence-corrected chi connectivity index (χ3v) is 4.78. The summed E-state index contributed by atoms with van der Waals surface area (Å²) in [6, 6.07) is 17.2. The van der Waals surface area contributed by atoms with Crippen molar-refractivity contribution >= 4 is 5.82 Å². The first-order valence-electron chi connectivity index (χ1n) is 9.27. The normalized spacial score (nSPS) is 10.5. The molecule has 2 aromatic carbocycles. The molecule has 4 rings (SSSR count). The van der Waals surface area contributed by atoms with E-state index in [1.54, 1.807) is 42.6 Å². The molecule has 0 bridgehead atoms. The van der Waals surface area contributed by atoms with Gasteiger partial charge >= 0.3 is 0 Å². The van der Waals surface area contributed by atoms with E-state index in [0.717, 1.165) is 0 Å². The van der Waals surface area contributed by atoms with E-state index >= 15 is 0 Å². The number of aromatic nitrogens is 2. The molecule has 0 amide bonds. The van der Waals surface area contributed by atoms with Crippen LogP contribution >= 0.6 is 0 Å². The van der Waals surface area contributed by atoms with Gasteiger partial charge in [-0.2, -0.15) is 5.26 Å². The molecule has 0 unspecified atom stereocenters. The maximum Gasteiger partial charge on any atom is 0.212 e. The van der Waals surface area contributed by atoms with E-state index in [-0.39, 0.29) is 11.4 Å². The van der Waals surface area contributed by atoms with Crippen LogP contribution in [-0.4, -0.2) is 17.1 Å². The van der Waals surface area contributed by atoms with Gasteiger partial charge in [-0.25, -0.2) is 18.7 Å². The smallest absolute Gasteiger partial charge is 0.212 e. The zero-order valence-electron chi connectivity index (χ0n) is 16.4. The van der Waals surface area contributed by atoms with Crippen molar-refractivity contribution in [3.63, 3.8) is 0 Å². The van der Waals surface area contributed by atoms with Crippen molar-refractivity contribution in [1.29, 1.82) is 5.26 Å². The Labute approximate surface area is 177 Å². The molecule has 2 N–H and O–H groups in total. The fourth-order valence-corrected chi connectivity index (χ4v) is 3.42. The Kier molecular flexibility index (Phi) is 5.29. The quantitative estimate of drug-likeness (QED) is 0.495. The Hall–Kier alpha value is -4.31. The van der Waals surface area contributed by atoms with Gasteiger partial charge in [-0.1, -0.05) is 24.3 Å². The second-order valence-corrected chi connectivity index (χ2v) is 6.69. The van der Waals surface area contributed by atoms with Crippen LogP contribution in [-0.2, 0) is 0 Å². The molecule has 2 heterocycles. The zero-order valence-corrected chi connectivity index (χ0v) is 16.4. The van der Waals surface area contributed by atoms with Crippen LogP contribution in [0.5, 0.6) is 5.88 Å². The highest BCUT2D eigenvalue weighted by atomic mass is 19.1. The number of benzene rings is 2. The van der Waals surface area contributed by atoms with Crippen LogP contribution in [0.4, 0.5) is 14.6 Å². The molecule has 2 aromatic heterocycles. The van der Waals surface area contributed by atoms with E-state index in [0.29, 0.717) is 39.4 Å². The summed E-state index contributed by atoms with van der Waals surface area (Å²) in [4.78, 5) is 8.66. The fourth-order valence-electron chi connectivity index (χ4n) is 3.42. The second kappa shape index (κ2) is 8.20. The van der Waals surface area contributed by atoms with Crippen LogP contribution < -0.4 is 10.5 Å². The topological polar surface area (TPSA) is 84.8 Å². The summed E-state index contributed by atoms with van der Waals surface area (Å²) < 4.78 is 33.2. The van der Waals surface area contributed by atoms with E-state index in [2.05, 4.69) is 16.0 Å². The maximum atomic E-state index is 14.1. The van der Waals surface area contributed by atoms with Gasteiger partial charge in [0.15, 0.2) is 0 Å². The average molecular weight is 414 g/mol. The molecule has 7 heteroatoms. The van der Waals surface area contributed by atoms with Gasteiger partial charge in [0.25, 0.3) is 0 Å². The number of nitriles is 1. The van der Waals surface area contributed by atoms with Crippen LogP contribution in [0.15, 0.2) is 66.9 Å². The lowest BCUT2D eigenvalue weighted by molar-refractivity contribution is 0.398. The van der Waals surface area contributed by atoms with Gasteiger partial charge < -0.3 is 10.5 Å². The Morgan fingerprint density at radius 1 is 0.903 bits per heavy atom. The first-order chi connectivity index (χ1) is 15.0. The molecule has 0 radical (unpaired) electrons. The molecule has 31 heavy (non-hydrogen) atoms. The minimum Gasteiger partial charge on any atom is -0.481 e. The summed E-state index contributed by atoms with van der Waals surface area (Å²) >= 11 is 0. The molecule has 4 aromatic rings. The van der Waals surface area contributed by atoms with Crippen LogP contribution in [0.25, 0.3) is 33.5 Å². The van der Waals surface area contributed by atoms with E-state index in [1.807, 2.05) is 0 Å². The van der Waals surface area contributed by atoms with Crippen LogP contribution in [0.2, 0.25) is 0 Å². The van der Waals surface area contributed by atoms with Crippen molar-refractivity contribution < 1.29 is 13.5 Å². The van der Waals surface area contributed by atoms with Crippen LogP contribution in [0, 0.1) is 23.0 Å². The SMILES string of the molecule is COc1ccc(-c2c(-c3cccc(F)c3)nc(N)c(C#N)c2-c2cccc(F)c2)cn1. The van der Waals surface area contributed by atoms with Gasteiger partial charge in [0, 0.05) is 34.5 Å². The molecule has 0 atom stereocenters. The lowest BCUT2D eigenvalue weighted by Gasteiger charge is -2.18. The number of pyridine rings is 2. The number of nitrogens with two attached hydrogens (primary N) is 1. The molecule has 0 spiro atoms. The summed E-state index contributed by atoms with van der Waals surface area (Å²) in [7, 11) is 1.50. The number of anilines is 1. The summed E-state index contributed by atoms with van der Waals surface area (Å²) in [5, 5.41) is 9.83. The van der Waals surface area contributed by atoms with Crippen molar-refractivity contribution in [2.45, 2.75) is 0 Å². The molecule has 0 aliphatic heterocycles. The predicted octanol–water partition coefficient (Wildman–Crippen LogP) is 5.22. The molecular formula is C24H16F2N4O. The molecular weight excluding hydrogens is 398 g/mol. The Balaban J connectivity index is 2.14. The molecule has 0 saturated heterocycles. The minimum absolute atomic E-state index is 0.0359. The number of nitrogens with zero attached hydrogens (tertiary/aromatic N) is 3. The third-order valence-electron chi connectivity index (χ3n) is 4.78. The average Bonchev–Trinajstić information content (AvgIpc) is 2.78. The van der Waals surface area contributed by atoms with E-state index in [4.69, 9.17) is 10.5 Å². The lowest BCUT2D eigenvalue weighted by atomic mass is 9.88. The van der Waals surface area contributed by atoms with Gasteiger partial charge in [-0.15, -0.1) is 0 Å².